The van der Waals surface area contributed by atoms with Crippen LogP contribution in [0, 0.1) is 0 Å². The normalized spacial score (nSPS) is 18.4. The fourth-order valence-corrected chi connectivity index (χ4v) is 5.59. The lowest BCUT2D eigenvalue weighted by atomic mass is 10.2. The molecule has 1 aromatic heterocycles. The van der Waals surface area contributed by atoms with Crippen LogP contribution < -0.4 is 4.74 Å². The number of sulfonamides is 1. The van der Waals surface area contributed by atoms with Gasteiger partial charge in [0.2, 0.25) is 10.0 Å². The Bertz CT molecular complexity index is 1060. The molecule has 3 heterocycles. The van der Waals surface area contributed by atoms with Gasteiger partial charge in [0.1, 0.15) is 22.9 Å². The third-order valence-electron chi connectivity index (χ3n) is 5.96. The maximum atomic E-state index is 13.1. The number of ether oxygens (including phenoxy) is 2. The molecule has 0 unspecified atom stereocenters. The van der Waals surface area contributed by atoms with Crippen LogP contribution in [0.4, 0.5) is 0 Å². The lowest BCUT2D eigenvalue weighted by molar-refractivity contribution is 0.0611. The minimum atomic E-state index is -3.64. The van der Waals surface area contributed by atoms with Crippen molar-refractivity contribution in [1.82, 2.24) is 18.7 Å². The molecule has 0 spiro atoms. The molecule has 2 saturated heterocycles. The van der Waals surface area contributed by atoms with Crippen molar-refractivity contribution in [3.05, 3.63) is 47.2 Å². The third kappa shape index (κ3) is 5.70. The molecule has 11 heteroatoms. The number of hydrogen-bond donors (Lipinski definition) is 0. The third-order valence-corrected chi connectivity index (χ3v) is 8.07. The number of amides is 1. The highest BCUT2D eigenvalue weighted by molar-refractivity contribution is 7.89. The van der Waals surface area contributed by atoms with Gasteiger partial charge in [-0.05, 0) is 30.3 Å². The Labute approximate surface area is 199 Å². The van der Waals surface area contributed by atoms with Gasteiger partial charge < -0.3 is 18.9 Å². The molecule has 0 saturated carbocycles. The number of halogens is 1. The summed E-state index contributed by atoms with van der Waals surface area (Å²) in [5.41, 5.74) is 0.376. The molecule has 2 aliphatic rings. The molecule has 1 aromatic carbocycles. The SMILES string of the molecule is Cn1cc(S(=O)(=O)N2CCOCC2)cc1C(=O)N1CCN(CCOc2ccc(Cl)cc2)CC1. The molecule has 2 fully saturated rings. The van der Waals surface area contributed by atoms with Gasteiger partial charge in [0, 0.05) is 64.1 Å². The average Bonchev–Trinajstić information content (AvgIpc) is 3.23. The molecule has 0 radical (unpaired) electrons. The number of aromatic nitrogens is 1. The molecule has 0 aliphatic carbocycles. The predicted molar refractivity (Wildman–Crippen MR) is 124 cm³/mol. The number of carbonyl (C=O) groups is 1. The second kappa shape index (κ2) is 10.4. The average molecular weight is 497 g/mol. The van der Waals surface area contributed by atoms with Crippen molar-refractivity contribution in [2.24, 2.45) is 7.05 Å². The van der Waals surface area contributed by atoms with E-state index in [9.17, 15) is 13.2 Å². The highest BCUT2D eigenvalue weighted by Gasteiger charge is 2.30. The van der Waals surface area contributed by atoms with Crippen molar-refractivity contribution in [2.45, 2.75) is 4.90 Å². The van der Waals surface area contributed by atoms with Gasteiger partial charge in [0.15, 0.2) is 0 Å². The zero-order chi connectivity index (χ0) is 23.4. The van der Waals surface area contributed by atoms with Gasteiger partial charge in [-0.25, -0.2) is 8.42 Å². The van der Waals surface area contributed by atoms with Crippen LogP contribution in [-0.2, 0) is 21.8 Å². The molecule has 2 aromatic rings. The van der Waals surface area contributed by atoms with Crippen molar-refractivity contribution < 1.29 is 22.7 Å². The number of piperazine rings is 1. The highest BCUT2D eigenvalue weighted by atomic mass is 35.5. The lowest BCUT2D eigenvalue weighted by Crippen LogP contribution is -2.49. The maximum Gasteiger partial charge on any atom is 0.270 e. The Hall–Kier alpha value is -2.11. The van der Waals surface area contributed by atoms with Gasteiger partial charge in [-0.15, -0.1) is 0 Å². The van der Waals surface area contributed by atoms with Crippen LogP contribution in [0.1, 0.15) is 10.5 Å². The zero-order valence-corrected chi connectivity index (χ0v) is 20.2. The van der Waals surface area contributed by atoms with Crippen molar-refractivity contribution in [3.8, 4) is 5.75 Å². The Morgan fingerprint density at radius 3 is 2.39 bits per heavy atom. The van der Waals surface area contributed by atoms with E-state index in [2.05, 4.69) is 4.90 Å². The summed E-state index contributed by atoms with van der Waals surface area (Å²) in [4.78, 5) is 17.3. The number of rotatable bonds is 7. The van der Waals surface area contributed by atoms with Crippen LogP contribution in [0.3, 0.4) is 0 Å². The first-order chi connectivity index (χ1) is 15.8. The summed E-state index contributed by atoms with van der Waals surface area (Å²) < 4.78 is 39.9. The second-order valence-electron chi connectivity index (χ2n) is 8.12. The molecular weight excluding hydrogens is 468 g/mol. The van der Waals surface area contributed by atoms with E-state index in [-0.39, 0.29) is 10.8 Å². The number of aryl methyl sites for hydroxylation is 1. The van der Waals surface area contributed by atoms with Crippen LogP contribution >= 0.6 is 11.6 Å². The number of carbonyl (C=O) groups excluding carboxylic acids is 1. The van der Waals surface area contributed by atoms with E-state index in [0.717, 1.165) is 25.4 Å². The minimum Gasteiger partial charge on any atom is -0.492 e. The largest absolute Gasteiger partial charge is 0.492 e. The summed E-state index contributed by atoms with van der Waals surface area (Å²) in [5, 5.41) is 0.673. The molecule has 4 rings (SSSR count). The van der Waals surface area contributed by atoms with E-state index < -0.39 is 10.0 Å². The molecule has 1 amide bonds. The zero-order valence-electron chi connectivity index (χ0n) is 18.7. The van der Waals surface area contributed by atoms with E-state index >= 15 is 0 Å². The number of morpholine rings is 1. The van der Waals surface area contributed by atoms with Gasteiger partial charge in [0.25, 0.3) is 5.91 Å². The van der Waals surface area contributed by atoms with E-state index in [1.165, 1.54) is 16.6 Å². The summed E-state index contributed by atoms with van der Waals surface area (Å²) in [6.07, 6.45) is 1.52. The van der Waals surface area contributed by atoms with Crippen LogP contribution in [0.25, 0.3) is 0 Å². The van der Waals surface area contributed by atoms with Crippen molar-refractivity contribution in [1.29, 1.82) is 0 Å². The van der Waals surface area contributed by atoms with E-state index in [1.807, 2.05) is 12.1 Å². The fraction of sp³-hybridized carbons (Fsp3) is 0.500. The van der Waals surface area contributed by atoms with E-state index in [4.69, 9.17) is 21.1 Å². The van der Waals surface area contributed by atoms with Crippen molar-refractivity contribution in [2.75, 3.05) is 65.6 Å². The fourth-order valence-electron chi connectivity index (χ4n) is 3.98. The van der Waals surface area contributed by atoms with Gasteiger partial charge >= 0.3 is 0 Å². The van der Waals surface area contributed by atoms with Gasteiger partial charge in [0.05, 0.1) is 13.2 Å². The smallest absolute Gasteiger partial charge is 0.270 e. The lowest BCUT2D eigenvalue weighted by Gasteiger charge is -2.34. The number of hydrogen-bond acceptors (Lipinski definition) is 6. The van der Waals surface area contributed by atoms with Crippen LogP contribution in [0.2, 0.25) is 5.02 Å². The van der Waals surface area contributed by atoms with Gasteiger partial charge in [-0.3, -0.25) is 9.69 Å². The summed E-state index contributed by atoms with van der Waals surface area (Å²) in [6, 6.07) is 8.75. The van der Waals surface area contributed by atoms with Gasteiger partial charge in [-0.2, -0.15) is 4.31 Å². The molecule has 9 nitrogen and oxygen atoms in total. The number of nitrogens with zero attached hydrogens (tertiary/aromatic N) is 4. The van der Waals surface area contributed by atoms with E-state index in [0.29, 0.717) is 56.7 Å². The summed E-state index contributed by atoms with van der Waals surface area (Å²) in [7, 11) is -1.94. The Morgan fingerprint density at radius 1 is 1.06 bits per heavy atom. The monoisotopic (exact) mass is 496 g/mol. The molecule has 2 aliphatic heterocycles. The summed E-state index contributed by atoms with van der Waals surface area (Å²) >= 11 is 5.89. The van der Waals surface area contributed by atoms with Gasteiger partial charge in [-0.1, -0.05) is 11.6 Å². The first-order valence-electron chi connectivity index (χ1n) is 11.0. The molecule has 0 N–H and O–H groups in total. The van der Waals surface area contributed by atoms with Crippen LogP contribution in [0.15, 0.2) is 41.4 Å². The standard InChI is InChI=1S/C22H29ClN4O5S/c1-24-17-20(33(29,30)27-11-13-31-14-12-27)16-21(24)22(28)26-8-6-25(7-9-26)10-15-32-19-4-2-18(23)3-5-19/h2-5,16-17H,6-15H2,1H3. The Morgan fingerprint density at radius 2 is 1.73 bits per heavy atom. The first-order valence-corrected chi connectivity index (χ1v) is 12.8. The second-order valence-corrected chi connectivity index (χ2v) is 10.5. The summed E-state index contributed by atoms with van der Waals surface area (Å²) in [6.45, 7) is 5.35. The Kier molecular flexibility index (Phi) is 7.60. The predicted octanol–water partition coefficient (Wildman–Crippen LogP) is 1.54. The molecule has 0 bridgehead atoms. The molecule has 180 valence electrons. The minimum absolute atomic E-state index is 0.147. The summed E-state index contributed by atoms with van der Waals surface area (Å²) in [5.74, 6) is 0.623. The highest BCUT2D eigenvalue weighted by Crippen LogP contribution is 2.21. The maximum absolute atomic E-state index is 13.1. The number of benzene rings is 1. The van der Waals surface area contributed by atoms with Crippen molar-refractivity contribution >= 4 is 27.5 Å². The quantitative estimate of drug-likeness (QED) is 0.578. The first kappa shape index (κ1) is 24.0. The van der Waals surface area contributed by atoms with E-state index in [1.54, 1.807) is 28.6 Å². The Balaban J connectivity index is 1.30. The van der Waals surface area contributed by atoms with Crippen LogP contribution in [0.5, 0.6) is 5.75 Å². The van der Waals surface area contributed by atoms with Crippen molar-refractivity contribution in [3.63, 3.8) is 0 Å². The topological polar surface area (TPSA) is 84.3 Å². The molecule has 0 atom stereocenters. The van der Waals surface area contributed by atoms with Crippen LogP contribution in [-0.4, -0.2) is 98.6 Å². The molecular formula is C22H29ClN4O5S. The molecule has 33 heavy (non-hydrogen) atoms.